The number of hydrogen-bond acceptors (Lipinski definition) is 10. The number of rotatable bonds is 10. The number of aliphatic hydroxyl groups is 1. The molecule has 0 saturated heterocycles. The first kappa shape index (κ1) is 36.1. The number of hydrogen-bond donors (Lipinski definition) is 2. The van der Waals surface area contributed by atoms with Crippen LogP contribution in [0.15, 0.2) is 65.2 Å². The molecule has 15 heteroatoms. The topological polar surface area (TPSA) is 180 Å². The Labute approximate surface area is 274 Å². The fraction of sp³-hybridized carbons (Fsp3) is 0.238. The van der Waals surface area contributed by atoms with Crippen molar-refractivity contribution < 1.29 is 127 Å². The smallest absolute Gasteiger partial charge is 0.790 e. The molecule has 0 aliphatic heterocycles. The quantitative estimate of drug-likeness (QED) is 0.141. The molecule has 3 rings (SSSR count). The van der Waals surface area contributed by atoms with E-state index in [-0.39, 0.29) is 107 Å². The Kier molecular flexibility index (Phi) is 16.3. The number of benzene rings is 2. The van der Waals surface area contributed by atoms with Gasteiger partial charge in [0.15, 0.2) is 11.4 Å². The van der Waals surface area contributed by atoms with Crippen molar-refractivity contribution in [2.45, 2.75) is 31.8 Å². The molecule has 2 atom stereocenters. The van der Waals surface area contributed by atoms with Crippen LogP contribution >= 0.6 is 7.82 Å². The Bertz CT molecular complexity index is 1130. The monoisotopic (exact) mass is 544 g/mol. The number of carbonyl (C=O) groups is 1. The second-order valence-corrected chi connectivity index (χ2v) is 8.38. The van der Waals surface area contributed by atoms with Crippen molar-refractivity contribution in [3.8, 4) is 11.1 Å². The summed E-state index contributed by atoms with van der Waals surface area (Å²) in [6.07, 6.45) is -1.76. The number of phosphoric acid groups is 1. The minimum atomic E-state index is -5.25. The number of ether oxygens (including phenoxy) is 1. The molecular formula is C21H20N2Na3O9P. The zero-order valence-electron chi connectivity index (χ0n) is 20.4. The molecule has 176 valence electrons. The van der Waals surface area contributed by atoms with Gasteiger partial charge in [-0.15, -0.1) is 0 Å². The molecular weight excluding hydrogens is 524 g/mol. The normalized spacial score (nSPS) is 13.2. The van der Waals surface area contributed by atoms with Gasteiger partial charge in [0.1, 0.15) is 18.4 Å². The predicted octanol–water partition coefficient (Wildman–Crippen LogP) is -7.68. The molecule has 0 spiro atoms. The van der Waals surface area contributed by atoms with Gasteiger partial charge in [-0.3, -0.25) is 4.79 Å². The van der Waals surface area contributed by atoms with Gasteiger partial charge in [0.2, 0.25) is 5.91 Å². The average Bonchev–Trinajstić information content (AvgIpc) is 3.30. The van der Waals surface area contributed by atoms with Gasteiger partial charge in [0.05, 0.1) is 14.4 Å². The van der Waals surface area contributed by atoms with Crippen molar-refractivity contribution in [2.24, 2.45) is 0 Å². The Morgan fingerprint density at radius 1 is 1.08 bits per heavy atom. The Morgan fingerprint density at radius 3 is 2.22 bits per heavy atom. The summed E-state index contributed by atoms with van der Waals surface area (Å²) in [4.78, 5) is 33.4. The number of carbonyl (C=O) groups excluding carboxylic acids is 1. The number of amides is 1. The molecule has 36 heavy (non-hydrogen) atoms. The third-order valence-electron chi connectivity index (χ3n) is 4.89. The van der Waals surface area contributed by atoms with Gasteiger partial charge in [-0.2, -0.15) is 0 Å². The third-order valence-corrected chi connectivity index (χ3v) is 5.33. The van der Waals surface area contributed by atoms with Crippen LogP contribution in [0.3, 0.4) is 0 Å². The second kappa shape index (κ2) is 16.3. The van der Waals surface area contributed by atoms with Crippen LogP contribution in [0.2, 0.25) is 0 Å². The predicted molar refractivity (Wildman–Crippen MR) is 110 cm³/mol. The molecule has 1 aromatic heterocycles. The minimum absolute atomic E-state index is 0. The Balaban J connectivity index is 0.00000408. The molecule has 0 saturated carbocycles. The van der Waals surface area contributed by atoms with E-state index in [0.717, 1.165) is 17.2 Å². The molecule has 0 radical (unpaired) electrons. The summed E-state index contributed by atoms with van der Waals surface area (Å²) in [5.74, 6) is -1.36. The Hall–Kier alpha value is 0.110. The van der Waals surface area contributed by atoms with Crippen LogP contribution < -0.4 is 104 Å². The van der Waals surface area contributed by atoms with Crippen LogP contribution in [-0.2, 0) is 31.8 Å². The fourth-order valence-corrected chi connectivity index (χ4v) is 3.26. The van der Waals surface area contributed by atoms with Crippen LogP contribution in [0, 0.1) is 5.21 Å². The standard InChI is InChI=1S/C21H22N2O9P.3Na/c1-21(20(25)22-26,19(24)18-11-17(32-23-18)13-31-33(27,28)29)30-12-14-7-9-16(10-8-14)15-5-3-2-4-6-15;;;/h2-11,19,24H,12-13H2,1H3,(H3-,22,25,26,27,28,29);;;/q-1;3*+1/p-2/t19-,21-;;;/m0.../s1. The maximum absolute atomic E-state index is 12.3. The van der Waals surface area contributed by atoms with Crippen molar-refractivity contribution in [2.75, 3.05) is 0 Å². The van der Waals surface area contributed by atoms with Gasteiger partial charge in [-0.05, 0) is 23.6 Å². The summed E-state index contributed by atoms with van der Waals surface area (Å²) < 4.78 is 25.1. The molecule has 2 N–H and O–H groups in total. The van der Waals surface area contributed by atoms with Crippen LogP contribution in [0.4, 0.5) is 0 Å². The minimum Gasteiger partial charge on any atom is -0.790 e. The molecule has 0 aliphatic rings. The molecule has 0 unspecified atom stereocenters. The van der Waals surface area contributed by atoms with Crippen LogP contribution in [0.25, 0.3) is 11.1 Å². The van der Waals surface area contributed by atoms with Gasteiger partial charge in [0, 0.05) is 6.07 Å². The Morgan fingerprint density at radius 2 is 1.67 bits per heavy atom. The molecule has 1 heterocycles. The van der Waals surface area contributed by atoms with E-state index in [1.165, 1.54) is 12.4 Å². The van der Waals surface area contributed by atoms with E-state index in [2.05, 4.69) is 9.68 Å². The number of nitrogens with zero attached hydrogens (tertiary/aromatic N) is 1. The second-order valence-electron chi connectivity index (χ2n) is 7.23. The maximum atomic E-state index is 12.3. The summed E-state index contributed by atoms with van der Waals surface area (Å²) in [5, 5.41) is 25.3. The summed E-state index contributed by atoms with van der Waals surface area (Å²) >= 11 is 0. The van der Waals surface area contributed by atoms with E-state index < -0.39 is 32.0 Å². The van der Waals surface area contributed by atoms with Gasteiger partial charge >= 0.3 is 88.7 Å². The van der Waals surface area contributed by atoms with Crippen molar-refractivity contribution >= 4 is 13.7 Å². The zero-order valence-corrected chi connectivity index (χ0v) is 27.3. The number of nitrogens with one attached hydrogen (secondary N) is 1. The first-order valence-electron chi connectivity index (χ1n) is 9.63. The van der Waals surface area contributed by atoms with E-state index >= 15 is 0 Å². The van der Waals surface area contributed by atoms with Crippen LogP contribution in [-0.4, -0.2) is 21.8 Å². The molecule has 1 amide bonds. The zero-order chi connectivity index (χ0) is 24.1. The molecule has 0 bridgehead atoms. The summed E-state index contributed by atoms with van der Waals surface area (Å²) in [6.45, 7) is 0.320. The number of aliphatic hydroxyl groups excluding tert-OH is 1. The number of phosphoric ester groups is 1. The molecule has 3 aromatic rings. The first-order chi connectivity index (χ1) is 15.6. The van der Waals surface area contributed by atoms with E-state index in [9.17, 15) is 29.5 Å². The van der Waals surface area contributed by atoms with E-state index in [4.69, 9.17) is 9.26 Å². The molecule has 0 fully saturated rings. The average molecular weight is 544 g/mol. The van der Waals surface area contributed by atoms with E-state index in [1.807, 2.05) is 42.5 Å². The van der Waals surface area contributed by atoms with E-state index in [0.29, 0.717) is 5.56 Å². The largest absolute Gasteiger partial charge is 1.00 e. The number of hydroxylamine groups is 1. The number of aromatic nitrogens is 1. The van der Waals surface area contributed by atoms with Crippen molar-refractivity contribution in [3.63, 3.8) is 0 Å². The van der Waals surface area contributed by atoms with Gasteiger partial charge in [-0.1, -0.05) is 59.8 Å². The third kappa shape index (κ3) is 10.0. The van der Waals surface area contributed by atoms with E-state index in [1.54, 1.807) is 12.1 Å². The summed E-state index contributed by atoms with van der Waals surface area (Å²) in [5.41, 5.74) is 1.56. The van der Waals surface area contributed by atoms with Crippen LogP contribution in [0.1, 0.15) is 30.0 Å². The van der Waals surface area contributed by atoms with Crippen molar-refractivity contribution in [1.29, 1.82) is 0 Å². The maximum Gasteiger partial charge on any atom is 1.00 e. The molecule has 2 aromatic carbocycles. The summed E-state index contributed by atoms with van der Waals surface area (Å²) in [7, 11) is -5.25. The van der Waals surface area contributed by atoms with Gasteiger partial charge in [-0.25, -0.2) is 0 Å². The van der Waals surface area contributed by atoms with Gasteiger partial charge in [0.25, 0.3) is 0 Å². The molecule has 0 aliphatic carbocycles. The fourth-order valence-electron chi connectivity index (χ4n) is 2.98. The summed E-state index contributed by atoms with van der Waals surface area (Å²) in [6, 6.07) is 18.0. The molecule has 11 nitrogen and oxygen atoms in total. The van der Waals surface area contributed by atoms with Crippen molar-refractivity contribution in [3.05, 3.63) is 82.9 Å². The van der Waals surface area contributed by atoms with Crippen LogP contribution in [0.5, 0.6) is 0 Å². The van der Waals surface area contributed by atoms with Gasteiger partial charge < -0.3 is 43.9 Å². The van der Waals surface area contributed by atoms with Crippen molar-refractivity contribution in [1.82, 2.24) is 10.6 Å². The first-order valence-corrected chi connectivity index (χ1v) is 11.1. The SMILES string of the molecule is C[C@@](OCc1ccc(-c2ccccc2)cc1)(C(=O)N[O-])[C@@H](O)c1cc(COP(=O)([O-])[O-])on1.[Na+].[Na+].[Na+].